The molecule has 0 aliphatic carbocycles. The van der Waals surface area contributed by atoms with Gasteiger partial charge in [-0.3, -0.25) is 14.9 Å². The number of carbonyl (C=O) groups is 1. The molecule has 2 aromatic rings. The Morgan fingerprint density at radius 1 is 1.18 bits per heavy atom. The van der Waals surface area contributed by atoms with Crippen molar-refractivity contribution in [2.45, 2.75) is 53.2 Å². The third-order valence-corrected chi connectivity index (χ3v) is 4.75. The average molecular weight is 384 g/mol. The van der Waals surface area contributed by atoms with Crippen molar-refractivity contribution in [2.24, 2.45) is 5.10 Å². The first-order chi connectivity index (χ1) is 13.0. The van der Waals surface area contributed by atoms with Gasteiger partial charge in [0, 0.05) is 12.5 Å². The number of nitrogens with zero attached hydrogens (tertiary/aromatic N) is 4. The number of carbonyl (C=O) groups excluding carboxylic acids is 1. The molecule has 0 radical (unpaired) electrons. The minimum absolute atomic E-state index is 0.188. The second-order valence-corrected chi connectivity index (χ2v) is 7.94. The Balaban J connectivity index is 2.19. The lowest BCUT2D eigenvalue weighted by Crippen LogP contribution is -2.49. The summed E-state index contributed by atoms with van der Waals surface area (Å²) in [4.78, 5) is 24.7. The lowest BCUT2D eigenvalue weighted by Gasteiger charge is -2.39. The molecule has 1 aliphatic heterocycles. The van der Waals surface area contributed by atoms with Crippen LogP contribution in [0.1, 0.15) is 50.7 Å². The molecule has 148 valence electrons. The van der Waals surface area contributed by atoms with Crippen LogP contribution in [0.4, 0.5) is 11.6 Å². The van der Waals surface area contributed by atoms with E-state index in [1.807, 2.05) is 57.7 Å². The SMILES string of the molecule is CC(=O)C1=NN(c2ccc(C)c(C)c2)[C@@H](c2ccc([N+](=O)[O-])o2)N1C(C)(C)C. The number of aryl methyl sites for hydroxylation is 2. The van der Waals surface area contributed by atoms with Gasteiger partial charge in [-0.25, -0.2) is 5.01 Å². The molecule has 3 rings (SSSR count). The number of rotatable bonds is 4. The fourth-order valence-electron chi connectivity index (χ4n) is 3.25. The van der Waals surface area contributed by atoms with Crippen molar-refractivity contribution in [3.05, 3.63) is 57.3 Å². The Hall–Kier alpha value is -3.16. The summed E-state index contributed by atoms with van der Waals surface area (Å²) in [7, 11) is 0. The van der Waals surface area contributed by atoms with Crippen LogP contribution in [0.25, 0.3) is 0 Å². The first kappa shape index (κ1) is 19.6. The highest BCUT2D eigenvalue weighted by Gasteiger charge is 2.45. The van der Waals surface area contributed by atoms with Gasteiger partial charge in [0.05, 0.1) is 11.8 Å². The Labute approximate surface area is 163 Å². The number of nitro groups is 1. The zero-order valence-corrected chi connectivity index (χ0v) is 16.9. The first-order valence-electron chi connectivity index (χ1n) is 9.00. The largest absolute Gasteiger partial charge is 0.433 e. The topological polar surface area (TPSA) is 92.2 Å². The van der Waals surface area contributed by atoms with E-state index in [4.69, 9.17) is 4.42 Å². The van der Waals surface area contributed by atoms with Gasteiger partial charge in [0.2, 0.25) is 0 Å². The Morgan fingerprint density at radius 2 is 1.86 bits per heavy atom. The number of amidine groups is 1. The third kappa shape index (κ3) is 3.37. The van der Waals surface area contributed by atoms with Crippen molar-refractivity contribution in [3.8, 4) is 0 Å². The number of Topliss-reactive ketones (excluding diaryl/α,β-unsaturated/α-hetero) is 1. The van der Waals surface area contributed by atoms with Crippen molar-refractivity contribution >= 4 is 23.2 Å². The molecule has 1 atom stereocenters. The van der Waals surface area contributed by atoms with Crippen molar-refractivity contribution in [1.82, 2.24) is 4.90 Å². The molecular formula is C20H24N4O4. The van der Waals surface area contributed by atoms with E-state index in [1.165, 1.54) is 13.0 Å². The highest BCUT2D eigenvalue weighted by atomic mass is 16.6. The van der Waals surface area contributed by atoms with Gasteiger partial charge >= 0.3 is 5.88 Å². The Bertz CT molecular complexity index is 971. The molecule has 0 saturated heterocycles. The number of hydrogen-bond donors (Lipinski definition) is 0. The van der Waals surface area contributed by atoms with Gasteiger partial charge in [-0.2, -0.15) is 0 Å². The molecule has 0 spiro atoms. The predicted molar refractivity (Wildman–Crippen MR) is 106 cm³/mol. The standard InChI is InChI=1S/C20H24N4O4/c1-12-7-8-15(11-13(12)2)23-19(16-9-10-17(28-16)24(26)27)22(20(4,5)6)18(21-23)14(3)25/h7-11,19H,1-6H3/t19-/m0/s1. The van der Waals surface area contributed by atoms with Gasteiger partial charge in [0.1, 0.15) is 4.92 Å². The number of hydrogen-bond acceptors (Lipinski definition) is 7. The number of benzene rings is 1. The molecule has 8 nitrogen and oxygen atoms in total. The summed E-state index contributed by atoms with van der Waals surface area (Å²) in [6.07, 6.45) is -0.616. The van der Waals surface area contributed by atoms with Gasteiger partial charge in [-0.1, -0.05) is 6.07 Å². The van der Waals surface area contributed by atoms with Gasteiger partial charge in [-0.05, 0) is 63.9 Å². The Morgan fingerprint density at radius 3 is 2.36 bits per heavy atom. The van der Waals surface area contributed by atoms with Crippen LogP contribution in [0.2, 0.25) is 0 Å². The van der Waals surface area contributed by atoms with Crippen LogP contribution < -0.4 is 5.01 Å². The van der Waals surface area contributed by atoms with Crippen LogP contribution in [-0.2, 0) is 4.79 Å². The lowest BCUT2D eigenvalue weighted by atomic mass is 10.0. The third-order valence-electron chi connectivity index (χ3n) is 4.75. The molecule has 1 aromatic heterocycles. The molecule has 0 amide bonds. The molecule has 0 unspecified atom stereocenters. The van der Waals surface area contributed by atoms with E-state index in [1.54, 1.807) is 11.1 Å². The van der Waals surface area contributed by atoms with E-state index in [9.17, 15) is 14.9 Å². The number of hydrazone groups is 1. The zero-order valence-electron chi connectivity index (χ0n) is 16.9. The summed E-state index contributed by atoms with van der Waals surface area (Å²) in [5.41, 5.74) is 2.51. The van der Waals surface area contributed by atoms with Gasteiger partial charge < -0.3 is 9.32 Å². The minimum atomic E-state index is -0.616. The van der Waals surface area contributed by atoms with Crippen LogP contribution in [0.3, 0.4) is 0 Å². The van der Waals surface area contributed by atoms with Crippen LogP contribution >= 0.6 is 0 Å². The van der Waals surface area contributed by atoms with Gasteiger partial charge in [0.15, 0.2) is 23.5 Å². The number of furan rings is 1. The molecule has 1 aromatic carbocycles. The molecule has 1 aliphatic rings. The quantitative estimate of drug-likeness (QED) is 0.575. The van der Waals surface area contributed by atoms with Crippen LogP contribution in [-0.4, -0.2) is 27.0 Å². The highest BCUT2D eigenvalue weighted by Crippen LogP contribution is 2.41. The van der Waals surface area contributed by atoms with Crippen LogP contribution in [0.5, 0.6) is 0 Å². The molecule has 0 saturated carbocycles. The molecule has 28 heavy (non-hydrogen) atoms. The molecule has 2 heterocycles. The molecule has 8 heteroatoms. The zero-order chi connectivity index (χ0) is 20.8. The Kier molecular flexibility index (Phi) is 4.74. The maximum Gasteiger partial charge on any atom is 0.433 e. The summed E-state index contributed by atoms with van der Waals surface area (Å²) in [6, 6.07) is 8.76. The highest BCUT2D eigenvalue weighted by molar-refractivity contribution is 6.38. The maximum atomic E-state index is 12.4. The van der Waals surface area contributed by atoms with Crippen molar-refractivity contribution in [1.29, 1.82) is 0 Å². The summed E-state index contributed by atoms with van der Waals surface area (Å²) in [6.45, 7) is 11.4. The monoisotopic (exact) mass is 384 g/mol. The second kappa shape index (κ2) is 6.78. The average Bonchev–Trinajstić information content (AvgIpc) is 3.20. The fraction of sp³-hybridized carbons (Fsp3) is 0.400. The summed E-state index contributed by atoms with van der Waals surface area (Å²) < 4.78 is 5.52. The van der Waals surface area contributed by atoms with E-state index >= 15 is 0 Å². The molecule has 0 N–H and O–H groups in total. The second-order valence-electron chi connectivity index (χ2n) is 7.94. The number of anilines is 1. The summed E-state index contributed by atoms with van der Waals surface area (Å²) in [5, 5.41) is 17.4. The fourth-order valence-corrected chi connectivity index (χ4v) is 3.25. The molecular weight excluding hydrogens is 360 g/mol. The predicted octanol–water partition coefficient (Wildman–Crippen LogP) is 4.33. The first-order valence-corrected chi connectivity index (χ1v) is 9.00. The normalized spacial score (nSPS) is 17.1. The van der Waals surface area contributed by atoms with E-state index in [0.717, 1.165) is 16.8 Å². The van der Waals surface area contributed by atoms with Crippen LogP contribution in [0.15, 0.2) is 39.9 Å². The van der Waals surface area contributed by atoms with Gasteiger partial charge in [0.25, 0.3) is 0 Å². The number of ketones is 1. The molecule has 0 bridgehead atoms. The van der Waals surface area contributed by atoms with Crippen molar-refractivity contribution in [3.63, 3.8) is 0 Å². The van der Waals surface area contributed by atoms with Crippen LogP contribution in [0, 0.1) is 24.0 Å². The minimum Gasteiger partial charge on any atom is -0.401 e. The van der Waals surface area contributed by atoms with E-state index in [0.29, 0.717) is 5.76 Å². The molecule has 0 fully saturated rings. The summed E-state index contributed by atoms with van der Waals surface area (Å²) >= 11 is 0. The smallest absolute Gasteiger partial charge is 0.401 e. The van der Waals surface area contributed by atoms with E-state index in [-0.39, 0.29) is 17.5 Å². The maximum absolute atomic E-state index is 12.4. The van der Waals surface area contributed by atoms with E-state index < -0.39 is 16.6 Å². The summed E-state index contributed by atoms with van der Waals surface area (Å²) in [5.74, 6) is 0.0992. The van der Waals surface area contributed by atoms with Crippen molar-refractivity contribution in [2.75, 3.05) is 5.01 Å². The lowest BCUT2D eigenvalue weighted by molar-refractivity contribution is -0.402. The van der Waals surface area contributed by atoms with Gasteiger partial charge in [-0.15, -0.1) is 5.10 Å². The van der Waals surface area contributed by atoms with Crippen molar-refractivity contribution < 1.29 is 14.1 Å². The van der Waals surface area contributed by atoms with E-state index in [2.05, 4.69) is 5.10 Å².